The Kier molecular flexibility index (Phi) is 5.80. The topological polar surface area (TPSA) is 59.9 Å². The molecule has 2 aromatic rings. The van der Waals surface area contributed by atoms with Gasteiger partial charge in [0.25, 0.3) is 5.91 Å². The van der Waals surface area contributed by atoms with Gasteiger partial charge in [-0.05, 0) is 35.2 Å². The number of hydrogen-bond acceptors (Lipinski definition) is 4. The summed E-state index contributed by atoms with van der Waals surface area (Å²) < 4.78 is 10.4. The van der Waals surface area contributed by atoms with Gasteiger partial charge in [-0.2, -0.15) is 5.10 Å². The van der Waals surface area contributed by atoms with Crippen molar-refractivity contribution in [2.75, 3.05) is 14.2 Å². The van der Waals surface area contributed by atoms with Crippen LogP contribution in [0.15, 0.2) is 47.6 Å². The molecule has 1 N–H and O–H groups in total. The van der Waals surface area contributed by atoms with E-state index in [0.29, 0.717) is 17.1 Å². The van der Waals surface area contributed by atoms with Crippen molar-refractivity contribution in [2.45, 2.75) is 26.2 Å². The number of benzene rings is 2. The van der Waals surface area contributed by atoms with E-state index in [1.165, 1.54) is 5.56 Å². The van der Waals surface area contributed by atoms with E-state index in [1.807, 2.05) is 18.2 Å². The molecule has 2 aromatic carbocycles. The lowest BCUT2D eigenvalue weighted by atomic mass is 9.87. The minimum absolute atomic E-state index is 0.0536. The van der Waals surface area contributed by atoms with Gasteiger partial charge in [-0.15, -0.1) is 0 Å². The van der Waals surface area contributed by atoms with Crippen LogP contribution < -0.4 is 14.9 Å². The van der Waals surface area contributed by atoms with Crippen molar-refractivity contribution >= 4 is 12.1 Å². The lowest BCUT2D eigenvalue weighted by molar-refractivity contribution is 0.0955. The molecule has 1 amide bonds. The van der Waals surface area contributed by atoms with Crippen LogP contribution in [0.25, 0.3) is 0 Å². The predicted octanol–water partition coefficient (Wildman–Crippen LogP) is 3.77. The molecule has 5 nitrogen and oxygen atoms in total. The van der Waals surface area contributed by atoms with Crippen molar-refractivity contribution in [1.29, 1.82) is 0 Å². The van der Waals surface area contributed by atoms with Gasteiger partial charge < -0.3 is 9.47 Å². The van der Waals surface area contributed by atoms with Gasteiger partial charge in [0.15, 0.2) is 0 Å². The second-order valence-electron chi connectivity index (χ2n) is 6.63. The summed E-state index contributed by atoms with van der Waals surface area (Å²) in [4.78, 5) is 12.2. The zero-order valence-corrected chi connectivity index (χ0v) is 15.3. The molecule has 5 heteroatoms. The first-order valence-electron chi connectivity index (χ1n) is 8.01. The van der Waals surface area contributed by atoms with Crippen molar-refractivity contribution in [3.05, 3.63) is 59.2 Å². The van der Waals surface area contributed by atoms with Crippen LogP contribution in [-0.2, 0) is 5.41 Å². The third kappa shape index (κ3) is 4.83. The third-order valence-corrected chi connectivity index (χ3v) is 3.82. The van der Waals surface area contributed by atoms with Crippen molar-refractivity contribution in [1.82, 2.24) is 5.43 Å². The first-order chi connectivity index (χ1) is 11.8. The van der Waals surface area contributed by atoms with E-state index >= 15 is 0 Å². The van der Waals surface area contributed by atoms with Crippen molar-refractivity contribution in [2.24, 2.45) is 5.10 Å². The Morgan fingerprint density at radius 1 is 1.04 bits per heavy atom. The molecular formula is C20H24N2O3. The molecule has 0 aliphatic rings. The molecule has 0 unspecified atom stereocenters. The highest BCUT2D eigenvalue weighted by atomic mass is 16.5. The van der Waals surface area contributed by atoms with Crippen LogP contribution in [0.4, 0.5) is 0 Å². The largest absolute Gasteiger partial charge is 0.497 e. The minimum atomic E-state index is -0.260. The maximum absolute atomic E-state index is 12.2. The number of nitrogens with one attached hydrogen (secondary N) is 1. The molecule has 0 saturated carbocycles. The Labute approximate surface area is 148 Å². The van der Waals surface area contributed by atoms with Crippen LogP contribution in [0.3, 0.4) is 0 Å². The number of rotatable bonds is 5. The maximum atomic E-state index is 12.2. The second-order valence-corrected chi connectivity index (χ2v) is 6.63. The zero-order chi connectivity index (χ0) is 18.4. The summed E-state index contributed by atoms with van der Waals surface area (Å²) in [5, 5.41) is 4.01. The maximum Gasteiger partial charge on any atom is 0.271 e. The minimum Gasteiger partial charge on any atom is -0.497 e. The van der Waals surface area contributed by atoms with E-state index in [0.717, 1.165) is 5.56 Å². The summed E-state index contributed by atoms with van der Waals surface area (Å²) >= 11 is 0. The van der Waals surface area contributed by atoms with E-state index < -0.39 is 0 Å². The van der Waals surface area contributed by atoms with Gasteiger partial charge in [0.05, 0.1) is 20.4 Å². The SMILES string of the molecule is COc1ccc(/C=N/NC(=O)c2ccc(C(C)(C)C)cc2)c(OC)c1. The van der Waals surface area contributed by atoms with Gasteiger partial charge in [-0.1, -0.05) is 32.9 Å². The molecule has 0 spiro atoms. The molecule has 0 heterocycles. The van der Waals surface area contributed by atoms with Crippen LogP contribution in [0.2, 0.25) is 0 Å². The molecule has 0 aromatic heterocycles. The number of amides is 1. The van der Waals surface area contributed by atoms with E-state index in [-0.39, 0.29) is 11.3 Å². The highest BCUT2D eigenvalue weighted by molar-refractivity contribution is 5.95. The van der Waals surface area contributed by atoms with Crippen molar-refractivity contribution < 1.29 is 14.3 Å². The fourth-order valence-electron chi connectivity index (χ4n) is 2.27. The van der Waals surface area contributed by atoms with E-state index in [1.54, 1.807) is 44.7 Å². The lowest BCUT2D eigenvalue weighted by Gasteiger charge is -2.18. The van der Waals surface area contributed by atoms with Gasteiger partial charge >= 0.3 is 0 Å². The van der Waals surface area contributed by atoms with Gasteiger partial charge in [-0.25, -0.2) is 5.43 Å². The highest BCUT2D eigenvalue weighted by Crippen LogP contribution is 2.23. The van der Waals surface area contributed by atoms with Crippen LogP contribution in [0, 0.1) is 0 Å². The van der Waals surface area contributed by atoms with Crippen LogP contribution in [0.1, 0.15) is 42.3 Å². The summed E-state index contributed by atoms with van der Waals surface area (Å²) in [6.45, 7) is 6.40. The number of hydrogen-bond donors (Lipinski definition) is 1. The Bertz CT molecular complexity index is 760. The van der Waals surface area contributed by atoms with Gasteiger partial charge in [0, 0.05) is 17.2 Å². The summed E-state index contributed by atoms with van der Waals surface area (Å²) in [5.74, 6) is 1.05. The molecule has 0 fully saturated rings. The number of ether oxygens (including phenoxy) is 2. The fraction of sp³-hybridized carbons (Fsp3) is 0.300. The quantitative estimate of drug-likeness (QED) is 0.666. The number of hydrazone groups is 1. The standard InChI is InChI=1S/C20H24N2O3/c1-20(2,3)16-9-6-14(7-10-16)19(23)22-21-13-15-8-11-17(24-4)12-18(15)25-5/h6-13H,1-5H3,(H,22,23)/b21-13+. The average molecular weight is 340 g/mol. The fourth-order valence-corrected chi connectivity index (χ4v) is 2.27. The Morgan fingerprint density at radius 2 is 1.72 bits per heavy atom. The van der Waals surface area contributed by atoms with Crippen molar-refractivity contribution in [3.63, 3.8) is 0 Å². The molecule has 25 heavy (non-hydrogen) atoms. The molecule has 132 valence electrons. The van der Waals surface area contributed by atoms with E-state index in [9.17, 15) is 4.79 Å². The highest BCUT2D eigenvalue weighted by Gasteiger charge is 2.14. The van der Waals surface area contributed by atoms with Gasteiger partial charge in [0.2, 0.25) is 0 Å². The van der Waals surface area contributed by atoms with E-state index in [4.69, 9.17) is 9.47 Å². The molecule has 2 rings (SSSR count). The molecule has 0 saturated heterocycles. The summed E-state index contributed by atoms with van der Waals surface area (Å²) in [6.07, 6.45) is 1.54. The smallest absolute Gasteiger partial charge is 0.271 e. The number of carbonyl (C=O) groups is 1. The van der Waals surface area contributed by atoms with Crippen LogP contribution in [0.5, 0.6) is 11.5 Å². The third-order valence-electron chi connectivity index (χ3n) is 3.82. The Hall–Kier alpha value is -2.82. The summed E-state index contributed by atoms with van der Waals surface area (Å²) in [7, 11) is 3.16. The molecule has 0 bridgehead atoms. The number of nitrogens with zero attached hydrogens (tertiary/aromatic N) is 1. The van der Waals surface area contributed by atoms with Crippen molar-refractivity contribution in [3.8, 4) is 11.5 Å². The second kappa shape index (κ2) is 7.83. The van der Waals surface area contributed by atoms with Gasteiger partial charge in [-0.3, -0.25) is 4.79 Å². The monoisotopic (exact) mass is 340 g/mol. The molecular weight excluding hydrogens is 316 g/mol. The zero-order valence-electron chi connectivity index (χ0n) is 15.3. The normalized spacial score (nSPS) is 11.4. The molecule has 0 atom stereocenters. The van der Waals surface area contributed by atoms with E-state index in [2.05, 4.69) is 31.3 Å². The predicted molar refractivity (Wildman–Crippen MR) is 99.7 cm³/mol. The first-order valence-corrected chi connectivity index (χ1v) is 8.01. The summed E-state index contributed by atoms with van der Waals surface area (Å²) in [5.41, 5.74) is 5.06. The first kappa shape index (κ1) is 18.5. The lowest BCUT2D eigenvalue weighted by Crippen LogP contribution is -2.18. The van der Waals surface area contributed by atoms with Crippen LogP contribution in [-0.4, -0.2) is 26.3 Å². The number of methoxy groups -OCH3 is 2. The molecule has 0 aliphatic heterocycles. The molecule has 0 radical (unpaired) electrons. The molecule has 0 aliphatic carbocycles. The van der Waals surface area contributed by atoms with Crippen LogP contribution >= 0.6 is 0 Å². The summed E-state index contributed by atoms with van der Waals surface area (Å²) in [6, 6.07) is 12.9. The number of carbonyl (C=O) groups excluding carboxylic acids is 1. The van der Waals surface area contributed by atoms with Gasteiger partial charge in [0.1, 0.15) is 11.5 Å². The Morgan fingerprint density at radius 3 is 2.28 bits per heavy atom. The average Bonchev–Trinajstić information content (AvgIpc) is 2.61. The Balaban J connectivity index is 2.05.